The molecule has 3 rings (SSSR count). The van der Waals surface area contributed by atoms with Crippen LogP contribution in [0.5, 0.6) is 11.5 Å². The lowest BCUT2D eigenvalue weighted by Gasteiger charge is -2.12. The Balaban J connectivity index is 1.98. The first-order valence-corrected chi connectivity index (χ1v) is 10.8. The van der Waals surface area contributed by atoms with Crippen LogP contribution in [0.15, 0.2) is 57.5 Å². The van der Waals surface area contributed by atoms with Crippen LogP contribution >= 0.6 is 31.9 Å². The van der Waals surface area contributed by atoms with Crippen LogP contribution in [0.1, 0.15) is 33.4 Å². The molecule has 2 nitrogen and oxygen atoms in total. The molecule has 0 aliphatic carbocycles. The minimum atomic E-state index is 0.816. The van der Waals surface area contributed by atoms with E-state index in [9.17, 15) is 0 Å². The SMILES string of the molecule is COc1ccc(C#Cc2c(C)c(Br)c(C#Cc3ccc(OC)cc3)c(C)c2Br)cc1. The molecule has 150 valence electrons. The minimum absolute atomic E-state index is 0.816. The molecular weight excluding hydrogens is 504 g/mol. The van der Waals surface area contributed by atoms with Gasteiger partial charge in [0.05, 0.1) is 14.2 Å². The summed E-state index contributed by atoms with van der Waals surface area (Å²) in [5.41, 5.74) is 5.86. The Morgan fingerprint density at radius 1 is 0.567 bits per heavy atom. The quantitative estimate of drug-likeness (QED) is 0.350. The van der Waals surface area contributed by atoms with E-state index in [1.807, 2.05) is 62.4 Å². The second kappa shape index (κ2) is 9.90. The maximum absolute atomic E-state index is 5.20. The van der Waals surface area contributed by atoms with E-state index in [1.165, 1.54) is 0 Å². The zero-order chi connectivity index (χ0) is 21.7. The van der Waals surface area contributed by atoms with Gasteiger partial charge in [-0.2, -0.15) is 0 Å². The Hall–Kier alpha value is -2.66. The van der Waals surface area contributed by atoms with Gasteiger partial charge < -0.3 is 9.47 Å². The normalized spacial score (nSPS) is 9.80. The van der Waals surface area contributed by atoms with E-state index in [-0.39, 0.29) is 0 Å². The van der Waals surface area contributed by atoms with Crippen molar-refractivity contribution in [1.29, 1.82) is 0 Å². The molecule has 30 heavy (non-hydrogen) atoms. The zero-order valence-electron chi connectivity index (χ0n) is 17.2. The number of benzene rings is 3. The summed E-state index contributed by atoms with van der Waals surface area (Å²) in [6, 6.07) is 15.4. The second-order valence-corrected chi connectivity index (χ2v) is 8.17. The molecule has 0 aliphatic heterocycles. The Kier molecular flexibility index (Phi) is 7.27. The minimum Gasteiger partial charge on any atom is -0.497 e. The third kappa shape index (κ3) is 4.90. The molecule has 0 atom stereocenters. The highest BCUT2D eigenvalue weighted by Gasteiger charge is 2.14. The molecule has 0 aromatic heterocycles. The van der Waals surface area contributed by atoms with Crippen molar-refractivity contribution in [2.75, 3.05) is 14.2 Å². The molecule has 0 fully saturated rings. The van der Waals surface area contributed by atoms with Gasteiger partial charge in [0.15, 0.2) is 0 Å². The van der Waals surface area contributed by atoms with Crippen molar-refractivity contribution in [3.8, 4) is 35.2 Å². The molecule has 0 spiro atoms. The molecule has 0 heterocycles. The third-order valence-electron chi connectivity index (χ3n) is 4.69. The predicted molar refractivity (Wildman–Crippen MR) is 129 cm³/mol. The fourth-order valence-electron chi connectivity index (χ4n) is 2.84. The van der Waals surface area contributed by atoms with E-state index < -0.39 is 0 Å². The van der Waals surface area contributed by atoms with Crippen LogP contribution in [0, 0.1) is 37.5 Å². The molecule has 0 bridgehead atoms. The number of ether oxygens (including phenoxy) is 2. The van der Waals surface area contributed by atoms with Crippen LogP contribution < -0.4 is 9.47 Å². The van der Waals surface area contributed by atoms with Gasteiger partial charge in [0, 0.05) is 31.2 Å². The standard InChI is InChI=1S/C26H20Br2O2/c1-17-23(15-9-19-5-11-21(29-3)12-6-19)26(28)18(2)24(25(17)27)16-10-20-7-13-22(30-4)14-8-20/h5-8,11-14H,1-4H3. The Bertz CT molecular complexity index is 1060. The predicted octanol–water partition coefficient (Wildman–Crippen LogP) is 6.65. The lowest BCUT2D eigenvalue weighted by atomic mass is 9.99. The van der Waals surface area contributed by atoms with Crippen molar-refractivity contribution in [2.45, 2.75) is 13.8 Å². The van der Waals surface area contributed by atoms with E-state index in [1.54, 1.807) is 14.2 Å². The van der Waals surface area contributed by atoms with Gasteiger partial charge in [-0.15, -0.1) is 0 Å². The lowest BCUT2D eigenvalue weighted by molar-refractivity contribution is 0.414. The van der Waals surface area contributed by atoms with E-state index in [4.69, 9.17) is 9.47 Å². The summed E-state index contributed by atoms with van der Waals surface area (Å²) in [4.78, 5) is 0. The second-order valence-electron chi connectivity index (χ2n) is 6.58. The monoisotopic (exact) mass is 522 g/mol. The van der Waals surface area contributed by atoms with E-state index in [2.05, 4.69) is 55.5 Å². The van der Waals surface area contributed by atoms with E-state index in [0.29, 0.717) is 0 Å². The third-order valence-corrected chi connectivity index (χ3v) is 6.67. The van der Waals surface area contributed by atoms with E-state index in [0.717, 1.165) is 53.8 Å². The van der Waals surface area contributed by atoms with Crippen LogP contribution in [0.3, 0.4) is 0 Å². The maximum Gasteiger partial charge on any atom is 0.118 e. The summed E-state index contributed by atoms with van der Waals surface area (Å²) >= 11 is 7.46. The van der Waals surface area contributed by atoms with Gasteiger partial charge in [-0.05, 0) is 105 Å². The summed E-state index contributed by atoms with van der Waals surface area (Å²) in [6.45, 7) is 4.09. The molecule has 0 radical (unpaired) electrons. The smallest absolute Gasteiger partial charge is 0.118 e. The molecule has 3 aromatic carbocycles. The van der Waals surface area contributed by atoms with Gasteiger partial charge in [0.25, 0.3) is 0 Å². The van der Waals surface area contributed by atoms with Crippen LogP contribution in [-0.4, -0.2) is 14.2 Å². The average Bonchev–Trinajstić information content (AvgIpc) is 2.78. The number of halogens is 2. The molecule has 4 heteroatoms. The molecule has 0 unspecified atom stereocenters. The molecule has 3 aromatic rings. The average molecular weight is 524 g/mol. The van der Waals surface area contributed by atoms with Gasteiger partial charge in [-0.25, -0.2) is 0 Å². The first-order chi connectivity index (χ1) is 14.4. The van der Waals surface area contributed by atoms with Crippen LogP contribution in [0.25, 0.3) is 0 Å². The summed E-state index contributed by atoms with van der Waals surface area (Å²) in [5.74, 6) is 14.7. The van der Waals surface area contributed by atoms with Gasteiger partial charge >= 0.3 is 0 Å². The summed E-state index contributed by atoms with van der Waals surface area (Å²) in [7, 11) is 3.31. The topological polar surface area (TPSA) is 18.5 Å². The Labute approximate surface area is 194 Å². The number of hydrogen-bond acceptors (Lipinski definition) is 2. The van der Waals surface area contributed by atoms with Crippen molar-refractivity contribution in [1.82, 2.24) is 0 Å². The lowest BCUT2D eigenvalue weighted by Crippen LogP contribution is -1.96. The van der Waals surface area contributed by atoms with Crippen molar-refractivity contribution in [3.05, 3.63) is 90.9 Å². The fraction of sp³-hybridized carbons (Fsp3) is 0.154. The number of methoxy groups -OCH3 is 2. The summed E-state index contributed by atoms with van der Waals surface area (Å²) in [6.07, 6.45) is 0. The van der Waals surface area contributed by atoms with Crippen LogP contribution in [0.4, 0.5) is 0 Å². The highest BCUT2D eigenvalue weighted by Crippen LogP contribution is 2.34. The molecule has 0 N–H and O–H groups in total. The zero-order valence-corrected chi connectivity index (χ0v) is 20.4. The van der Waals surface area contributed by atoms with Gasteiger partial charge in [-0.3, -0.25) is 0 Å². The van der Waals surface area contributed by atoms with Gasteiger partial charge in [0.2, 0.25) is 0 Å². The van der Waals surface area contributed by atoms with Crippen LogP contribution in [-0.2, 0) is 0 Å². The molecule has 0 aliphatic rings. The van der Waals surface area contributed by atoms with Crippen molar-refractivity contribution >= 4 is 31.9 Å². The van der Waals surface area contributed by atoms with E-state index >= 15 is 0 Å². The summed E-state index contributed by atoms with van der Waals surface area (Å²) < 4.78 is 12.3. The van der Waals surface area contributed by atoms with Crippen molar-refractivity contribution in [3.63, 3.8) is 0 Å². The van der Waals surface area contributed by atoms with Gasteiger partial charge in [0.1, 0.15) is 11.5 Å². The number of hydrogen-bond donors (Lipinski definition) is 0. The Morgan fingerprint density at radius 3 is 1.20 bits per heavy atom. The number of rotatable bonds is 2. The van der Waals surface area contributed by atoms with Crippen LogP contribution in [0.2, 0.25) is 0 Å². The summed E-state index contributed by atoms with van der Waals surface area (Å²) in [5, 5.41) is 0. The fourth-order valence-corrected chi connectivity index (χ4v) is 4.03. The largest absolute Gasteiger partial charge is 0.497 e. The first kappa shape index (κ1) is 22.0. The highest BCUT2D eigenvalue weighted by atomic mass is 79.9. The maximum atomic E-state index is 5.20. The molecular formula is C26H20Br2O2. The molecule has 0 amide bonds. The first-order valence-electron chi connectivity index (χ1n) is 9.25. The van der Waals surface area contributed by atoms with Gasteiger partial charge in [-0.1, -0.05) is 23.7 Å². The molecule has 0 saturated carbocycles. The van der Waals surface area contributed by atoms with Crippen molar-refractivity contribution in [2.24, 2.45) is 0 Å². The highest BCUT2D eigenvalue weighted by molar-refractivity contribution is 9.11. The molecule has 0 saturated heterocycles. The van der Waals surface area contributed by atoms with Crippen molar-refractivity contribution < 1.29 is 9.47 Å². The Morgan fingerprint density at radius 2 is 0.900 bits per heavy atom.